The third-order valence-electron chi connectivity index (χ3n) is 1.47. The van der Waals surface area contributed by atoms with E-state index in [1.54, 1.807) is 0 Å². The second-order valence-corrected chi connectivity index (χ2v) is 5.42. The molecule has 2 nitrogen and oxygen atoms in total. The van der Waals surface area contributed by atoms with Crippen LogP contribution in [-0.4, -0.2) is 15.5 Å². The first kappa shape index (κ1) is 9.00. The monoisotopic (exact) mass is 189 g/mol. The first-order valence-electron chi connectivity index (χ1n) is 3.43. The number of carbonyl (C=O) groups excluding carboxylic acids is 1. The molecule has 1 N–H and O–H groups in total. The summed E-state index contributed by atoms with van der Waals surface area (Å²) in [6.07, 6.45) is 0. The van der Waals surface area contributed by atoms with Crippen LogP contribution in [0.4, 0.5) is 0 Å². The molecule has 11 heavy (non-hydrogen) atoms. The van der Waals surface area contributed by atoms with Gasteiger partial charge < -0.3 is 5.32 Å². The van der Waals surface area contributed by atoms with Crippen molar-refractivity contribution in [1.29, 1.82) is 0 Å². The number of thiocarbonyl (C=S) groups is 1. The minimum atomic E-state index is -0.0185. The Labute approximate surface area is 76.1 Å². The molecule has 0 aromatic heterocycles. The molecule has 0 spiro atoms. The number of hydrogen-bond donors (Lipinski definition) is 1. The van der Waals surface area contributed by atoms with Crippen LogP contribution >= 0.6 is 24.0 Å². The Morgan fingerprint density at radius 3 is 2.27 bits per heavy atom. The molecule has 0 aromatic rings. The zero-order chi connectivity index (χ0) is 8.65. The summed E-state index contributed by atoms with van der Waals surface area (Å²) in [6.45, 7) is 6.12. The first-order valence-corrected chi connectivity index (χ1v) is 4.71. The Bertz CT molecular complexity index is 207. The Kier molecular flexibility index (Phi) is 2.25. The van der Waals surface area contributed by atoms with Crippen molar-refractivity contribution in [2.45, 2.75) is 26.0 Å². The van der Waals surface area contributed by atoms with Crippen LogP contribution in [0.1, 0.15) is 20.8 Å². The number of amides is 1. The van der Waals surface area contributed by atoms with E-state index in [1.165, 1.54) is 11.8 Å². The SMILES string of the molecule is CC(C)(C)C1SC(=S)NC1=O. The van der Waals surface area contributed by atoms with Gasteiger partial charge in [0.15, 0.2) is 0 Å². The van der Waals surface area contributed by atoms with Gasteiger partial charge in [0.25, 0.3) is 0 Å². The van der Waals surface area contributed by atoms with Crippen LogP contribution in [0.2, 0.25) is 0 Å². The lowest BCUT2D eigenvalue weighted by Crippen LogP contribution is -2.33. The van der Waals surface area contributed by atoms with Gasteiger partial charge in [-0.3, -0.25) is 4.79 Å². The third kappa shape index (κ3) is 1.93. The molecule has 1 rings (SSSR count). The number of carbonyl (C=O) groups is 1. The van der Waals surface area contributed by atoms with E-state index in [-0.39, 0.29) is 16.6 Å². The summed E-state index contributed by atoms with van der Waals surface area (Å²) in [6, 6.07) is 0. The van der Waals surface area contributed by atoms with Crippen LogP contribution in [0, 0.1) is 5.41 Å². The van der Waals surface area contributed by atoms with Gasteiger partial charge in [0.1, 0.15) is 4.32 Å². The Hall–Kier alpha value is -0.0900. The molecule has 0 aromatic carbocycles. The molecule has 0 radical (unpaired) electrons. The van der Waals surface area contributed by atoms with Crippen LogP contribution in [0.25, 0.3) is 0 Å². The quantitative estimate of drug-likeness (QED) is 0.586. The predicted molar refractivity (Wildman–Crippen MR) is 51.6 cm³/mol. The summed E-state index contributed by atoms with van der Waals surface area (Å²) in [5.74, 6) is 0.0486. The average Bonchev–Trinajstić information content (AvgIpc) is 2.08. The van der Waals surface area contributed by atoms with Crippen LogP contribution < -0.4 is 5.32 Å². The molecule has 0 saturated carbocycles. The highest BCUT2D eigenvalue weighted by Gasteiger charge is 2.38. The Morgan fingerprint density at radius 1 is 1.55 bits per heavy atom. The normalized spacial score (nSPS) is 25.5. The number of rotatable bonds is 0. The molecule has 1 atom stereocenters. The van der Waals surface area contributed by atoms with Gasteiger partial charge in [-0.25, -0.2) is 0 Å². The van der Waals surface area contributed by atoms with E-state index in [9.17, 15) is 4.79 Å². The van der Waals surface area contributed by atoms with E-state index in [4.69, 9.17) is 12.2 Å². The number of nitrogens with one attached hydrogen (secondary N) is 1. The molecule has 1 aliphatic rings. The van der Waals surface area contributed by atoms with Gasteiger partial charge in [-0.1, -0.05) is 44.8 Å². The molecule has 1 heterocycles. The van der Waals surface area contributed by atoms with Gasteiger partial charge in [0.05, 0.1) is 5.25 Å². The highest BCUT2D eigenvalue weighted by molar-refractivity contribution is 8.24. The Morgan fingerprint density at radius 2 is 2.09 bits per heavy atom. The smallest absolute Gasteiger partial charge is 0.239 e. The second-order valence-electron chi connectivity index (χ2n) is 3.64. The fourth-order valence-corrected chi connectivity index (χ4v) is 2.21. The predicted octanol–water partition coefficient (Wildman–Crippen LogP) is 1.55. The van der Waals surface area contributed by atoms with Gasteiger partial charge in [-0.05, 0) is 5.41 Å². The van der Waals surface area contributed by atoms with Gasteiger partial charge >= 0.3 is 0 Å². The summed E-state index contributed by atoms with van der Waals surface area (Å²) in [7, 11) is 0. The van der Waals surface area contributed by atoms with E-state index < -0.39 is 0 Å². The fraction of sp³-hybridized carbons (Fsp3) is 0.714. The largest absolute Gasteiger partial charge is 0.311 e. The van der Waals surface area contributed by atoms with Gasteiger partial charge in [-0.15, -0.1) is 0 Å². The first-order chi connectivity index (χ1) is 4.91. The highest BCUT2D eigenvalue weighted by Crippen LogP contribution is 2.34. The minimum absolute atomic E-state index is 0.00465. The van der Waals surface area contributed by atoms with Gasteiger partial charge in [0, 0.05) is 0 Å². The summed E-state index contributed by atoms with van der Waals surface area (Å²) in [5, 5.41) is 2.61. The van der Waals surface area contributed by atoms with E-state index >= 15 is 0 Å². The van der Waals surface area contributed by atoms with Crippen molar-refractivity contribution in [3.63, 3.8) is 0 Å². The number of thioether (sulfide) groups is 1. The summed E-state index contributed by atoms with van der Waals surface area (Å²) >= 11 is 6.32. The molecule has 4 heteroatoms. The molecule has 62 valence electrons. The van der Waals surface area contributed by atoms with Crippen molar-refractivity contribution in [3.8, 4) is 0 Å². The van der Waals surface area contributed by atoms with Crippen molar-refractivity contribution in [2.75, 3.05) is 0 Å². The minimum Gasteiger partial charge on any atom is -0.311 e. The molecular formula is C7H11NOS2. The third-order valence-corrected chi connectivity index (χ3v) is 3.34. The lowest BCUT2D eigenvalue weighted by atomic mass is 9.91. The summed E-state index contributed by atoms with van der Waals surface area (Å²) < 4.78 is 0.606. The highest BCUT2D eigenvalue weighted by atomic mass is 32.2. The van der Waals surface area contributed by atoms with Crippen LogP contribution in [0.15, 0.2) is 0 Å². The zero-order valence-electron chi connectivity index (χ0n) is 6.80. The van der Waals surface area contributed by atoms with E-state index in [0.29, 0.717) is 4.32 Å². The van der Waals surface area contributed by atoms with Crippen molar-refractivity contribution in [2.24, 2.45) is 5.41 Å². The molecule has 1 unspecified atom stereocenters. The fourth-order valence-electron chi connectivity index (χ4n) is 0.926. The maximum Gasteiger partial charge on any atom is 0.239 e. The maximum atomic E-state index is 11.2. The van der Waals surface area contributed by atoms with E-state index in [0.717, 1.165) is 0 Å². The molecule has 0 bridgehead atoms. The van der Waals surface area contributed by atoms with Crippen LogP contribution in [0.3, 0.4) is 0 Å². The van der Waals surface area contributed by atoms with Crippen molar-refractivity contribution in [1.82, 2.24) is 5.32 Å². The Balaban J connectivity index is 2.76. The van der Waals surface area contributed by atoms with E-state index in [1.807, 2.05) is 20.8 Å². The molecule has 1 aliphatic heterocycles. The topological polar surface area (TPSA) is 29.1 Å². The van der Waals surface area contributed by atoms with E-state index in [2.05, 4.69) is 5.32 Å². The zero-order valence-corrected chi connectivity index (χ0v) is 8.44. The summed E-state index contributed by atoms with van der Waals surface area (Å²) in [5.41, 5.74) is -0.00465. The number of hydrogen-bond acceptors (Lipinski definition) is 3. The lowest BCUT2D eigenvalue weighted by Gasteiger charge is -2.22. The summed E-state index contributed by atoms with van der Waals surface area (Å²) in [4.78, 5) is 11.2. The van der Waals surface area contributed by atoms with Crippen LogP contribution in [-0.2, 0) is 4.79 Å². The van der Waals surface area contributed by atoms with Crippen molar-refractivity contribution < 1.29 is 4.79 Å². The van der Waals surface area contributed by atoms with Gasteiger partial charge in [0.2, 0.25) is 5.91 Å². The molecule has 1 saturated heterocycles. The van der Waals surface area contributed by atoms with Crippen molar-refractivity contribution >= 4 is 34.2 Å². The molecule has 1 amide bonds. The second kappa shape index (κ2) is 2.75. The maximum absolute atomic E-state index is 11.2. The van der Waals surface area contributed by atoms with Gasteiger partial charge in [-0.2, -0.15) is 0 Å². The van der Waals surface area contributed by atoms with Crippen molar-refractivity contribution in [3.05, 3.63) is 0 Å². The molecule has 1 fully saturated rings. The standard InChI is InChI=1S/C7H11NOS2/c1-7(2,3)4-5(9)8-6(10)11-4/h4H,1-3H3,(H,8,9,10). The average molecular weight is 189 g/mol. The molecular weight excluding hydrogens is 178 g/mol. The van der Waals surface area contributed by atoms with Crippen LogP contribution in [0.5, 0.6) is 0 Å². The lowest BCUT2D eigenvalue weighted by molar-refractivity contribution is -0.120. The molecule has 0 aliphatic carbocycles.